The quantitative estimate of drug-likeness (QED) is 0.883. The smallest absolute Gasteiger partial charge is 0.223 e. The minimum atomic E-state index is -1.02. The normalized spacial score (nSPS) is 13.4. The van der Waals surface area contributed by atoms with Crippen LogP contribution in [0.3, 0.4) is 0 Å². The molecule has 2 unspecified atom stereocenters. The van der Waals surface area contributed by atoms with E-state index in [9.17, 15) is 14.3 Å². The Kier molecular flexibility index (Phi) is 5.50. The van der Waals surface area contributed by atoms with Gasteiger partial charge in [0.2, 0.25) is 5.91 Å². The van der Waals surface area contributed by atoms with Gasteiger partial charge in [0.05, 0.1) is 18.6 Å². The second-order valence-electron chi connectivity index (χ2n) is 5.85. The lowest BCUT2D eigenvalue weighted by Gasteiger charge is -2.19. The summed E-state index contributed by atoms with van der Waals surface area (Å²) in [6.07, 6.45) is -1.12. The number of halogens is 1. The van der Waals surface area contributed by atoms with E-state index in [4.69, 9.17) is 0 Å². The summed E-state index contributed by atoms with van der Waals surface area (Å²) in [5.41, 5.74) is 3.77. The SMILES string of the molecule is Cc1cccc(C(C)NC(=O)CC(O)c2cccc(F)c2)c1C. The first-order valence-electron chi connectivity index (χ1n) is 7.67. The zero-order chi connectivity index (χ0) is 17.0. The maximum atomic E-state index is 13.2. The molecular weight excluding hydrogens is 293 g/mol. The second-order valence-corrected chi connectivity index (χ2v) is 5.85. The Labute approximate surface area is 136 Å². The third-order valence-corrected chi connectivity index (χ3v) is 4.10. The number of hydrogen-bond acceptors (Lipinski definition) is 2. The van der Waals surface area contributed by atoms with Gasteiger partial charge in [0.1, 0.15) is 5.82 Å². The zero-order valence-corrected chi connectivity index (χ0v) is 13.6. The lowest BCUT2D eigenvalue weighted by Crippen LogP contribution is -2.28. The maximum absolute atomic E-state index is 13.2. The van der Waals surface area contributed by atoms with Crippen LogP contribution in [0.25, 0.3) is 0 Å². The topological polar surface area (TPSA) is 49.3 Å². The van der Waals surface area contributed by atoms with Gasteiger partial charge in [0, 0.05) is 0 Å². The van der Waals surface area contributed by atoms with E-state index in [2.05, 4.69) is 5.32 Å². The van der Waals surface area contributed by atoms with Crippen molar-refractivity contribution in [3.05, 3.63) is 70.5 Å². The van der Waals surface area contributed by atoms with Crippen LogP contribution in [0.5, 0.6) is 0 Å². The second kappa shape index (κ2) is 7.38. The average molecular weight is 315 g/mol. The average Bonchev–Trinajstić information content (AvgIpc) is 2.49. The van der Waals surface area contributed by atoms with E-state index in [0.717, 1.165) is 11.1 Å². The van der Waals surface area contributed by atoms with Crippen LogP contribution in [0.1, 0.15) is 47.7 Å². The fourth-order valence-corrected chi connectivity index (χ4v) is 2.63. The van der Waals surface area contributed by atoms with E-state index in [-0.39, 0.29) is 18.4 Å². The van der Waals surface area contributed by atoms with Crippen LogP contribution < -0.4 is 5.32 Å². The van der Waals surface area contributed by atoms with Crippen LogP contribution in [0.2, 0.25) is 0 Å². The van der Waals surface area contributed by atoms with E-state index < -0.39 is 11.9 Å². The largest absolute Gasteiger partial charge is 0.388 e. The van der Waals surface area contributed by atoms with Gasteiger partial charge >= 0.3 is 0 Å². The molecule has 23 heavy (non-hydrogen) atoms. The first-order chi connectivity index (χ1) is 10.9. The molecule has 0 fully saturated rings. The van der Waals surface area contributed by atoms with Crippen molar-refractivity contribution in [2.75, 3.05) is 0 Å². The third kappa shape index (κ3) is 4.39. The molecule has 2 aromatic carbocycles. The molecule has 2 rings (SSSR count). The summed E-state index contributed by atoms with van der Waals surface area (Å²) in [6, 6.07) is 11.5. The molecule has 0 aliphatic rings. The summed E-state index contributed by atoms with van der Waals surface area (Å²) in [6.45, 7) is 5.96. The minimum absolute atomic E-state index is 0.0986. The molecule has 3 nitrogen and oxygen atoms in total. The standard InChI is InChI=1S/C19H22FNO2/c1-12-6-4-9-17(13(12)2)14(3)21-19(23)11-18(22)15-7-5-8-16(20)10-15/h4-10,14,18,22H,11H2,1-3H3,(H,21,23). The van der Waals surface area contributed by atoms with Gasteiger partial charge in [-0.15, -0.1) is 0 Å². The van der Waals surface area contributed by atoms with Crippen LogP contribution in [-0.2, 0) is 4.79 Å². The molecule has 0 saturated carbocycles. The van der Waals surface area contributed by atoms with E-state index >= 15 is 0 Å². The first kappa shape index (κ1) is 17.2. The summed E-state index contributed by atoms with van der Waals surface area (Å²) < 4.78 is 13.2. The van der Waals surface area contributed by atoms with Crippen LogP contribution in [0, 0.1) is 19.7 Å². The molecule has 0 heterocycles. The molecule has 0 aliphatic heterocycles. The number of aliphatic hydroxyl groups is 1. The molecule has 0 bridgehead atoms. The molecule has 0 aliphatic carbocycles. The van der Waals surface area contributed by atoms with Crippen molar-refractivity contribution in [2.45, 2.75) is 39.3 Å². The predicted molar refractivity (Wildman–Crippen MR) is 88.5 cm³/mol. The molecule has 2 aromatic rings. The minimum Gasteiger partial charge on any atom is -0.388 e. The number of aryl methyl sites for hydroxylation is 1. The Morgan fingerprint density at radius 1 is 1.22 bits per heavy atom. The maximum Gasteiger partial charge on any atom is 0.223 e. The molecule has 4 heteroatoms. The highest BCUT2D eigenvalue weighted by molar-refractivity contribution is 5.77. The number of benzene rings is 2. The van der Waals surface area contributed by atoms with Gasteiger partial charge in [-0.25, -0.2) is 4.39 Å². The van der Waals surface area contributed by atoms with Crippen LogP contribution in [-0.4, -0.2) is 11.0 Å². The first-order valence-corrected chi connectivity index (χ1v) is 7.67. The Balaban J connectivity index is 2.00. The lowest BCUT2D eigenvalue weighted by atomic mass is 9.98. The van der Waals surface area contributed by atoms with Crippen molar-refractivity contribution >= 4 is 5.91 Å². The molecule has 0 aromatic heterocycles. The summed E-state index contributed by atoms with van der Waals surface area (Å²) in [5, 5.41) is 13.0. The van der Waals surface area contributed by atoms with Crippen molar-refractivity contribution < 1.29 is 14.3 Å². The van der Waals surface area contributed by atoms with Crippen LogP contribution >= 0.6 is 0 Å². The molecule has 2 N–H and O–H groups in total. The Hall–Kier alpha value is -2.20. The number of carbonyl (C=O) groups excluding carboxylic acids is 1. The van der Waals surface area contributed by atoms with E-state index in [0.29, 0.717) is 5.56 Å². The number of nitrogens with one attached hydrogen (secondary N) is 1. The molecule has 0 saturated heterocycles. The van der Waals surface area contributed by atoms with Gasteiger partial charge in [-0.2, -0.15) is 0 Å². The van der Waals surface area contributed by atoms with Crippen molar-refractivity contribution in [2.24, 2.45) is 0 Å². The summed E-state index contributed by atoms with van der Waals surface area (Å²) in [4.78, 5) is 12.1. The van der Waals surface area contributed by atoms with Crippen LogP contribution in [0.4, 0.5) is 4.39 Å². The number of aliphatic hydroxyl groups excluding tert-OH is 1. The Bertz CT molecular complexity index is 700. The fraction of sp³-hybridized carbons (Fsp3) is 0.316. The van der Waals surface area contributed by atoms with Gasteiger partial charge in [0.25, 0.3) is 0 Å². The van der Waals surface area contributed by atoms with Gasteiger partial charge in [-0.3, -0.25) is 4.79 Å². The summed E-state index contributed by atoms with van der Waals surface area (Å²) >= 11 is 0. The number of carbonyl (C=O) groups is 1. The highest BCUT2D eigenvalue weighted by Crippen LogP contribution is 2.22. The van der Waals surface area contributed by atoms with Gasteiger partial charge < -0.3 is 10.4 Å². The Morgan fingerprint density at radius 2 is 1.91 bits per heavy atom. The van der Waals surface area contributed by atoms with Crippen molar-refractivity contribution in [1.29, 1.82) is 0 Å². The zero-order valence-electron chi connectivity index (χ0n) is 13.6. The molecular formula is C19H22FNO2. The van der Waals surface area contributed by atoms with E-state index in [1.807, 2.05) is 39.0 Å². The van der Waals surface area contributed by atoms with Crippen molar-refractivity contribution in [3.8, 4) is 0 Å². The Morgan fingerprint density at radius 3 is 2.61 bits per heavy atom. The monoisotopic (exact) mass is 315 g/mol. The van der Waals surface area contributed by atoms with Crippen LogP contribution in [0.15, 0.2) is 42.5 Å². The van der Waals surface area contributed by atoms with Gasteiger partial charge in [-0.05, 0) is 55.2 Å². The van der Waals surface area contributed by atoms with Crippen molar-refractivity contribution in [1.82, 2.24) is 5.32 Å². The fourth-order valence-electron chi connectivity index (χ4n) is 2.63. The van der Waals surface area contributed by atoms with E-state index in [1.165, 1.54) is 23.8 Å². The van der Waals surface area contributed by atoms with Gasteiger partial charge in [-0.1, -0.05) is 30.3 Å². The summed E-state index contributed by atoms with van der Waals surface area (Å²) in [7, 11) is 0. The predicted octanol–water partition coefficient (Wildman–Crippen LogP) is 3.74. The summed E-state index contributed by atoms with van der Waals surface area (Å²) in [5.74, 6) is -0.694. The molecule has 0 spiro atoms. The molecule has 0 radical (unpaired) electrons. The molecule has 2 atom stereocenters. The number of rotatable bonds is 5. The lowest BCUT2D eigenvalue weighted by molar-refractivity contribution is -0.123. The highest BCUT2D eigenvalue weighted by Gasteiger charge is 2.17. The molecule has 122 valence electrons. The number of amides is 1. The highest BCUT2D eigenvalue weighted by atomic mass is 19.1. The molecule has 1 amide bonds. The van der Waals surface area contributed by atoms with E-state index in [1.54, 1.807) is 6.07 Å². The third-order valence-electron chi connectivity index (χ3n) is 4.10. The van der Waals surface area contributed by atoms with Gasteiger partial charge in [0.15, 0.2) is 0 Å². The number of hydrogen-bond donors (Lipinski definition) is 2. The van der Waals surface area contributed by atoms with Crippen molar-refractivity contribution in [3.63, 3.8) is 0 Å².